The molecule has 0 aliphatic carbocycles. The van der Waals surface area contributed by atoms with E-state index in [1.807, 2.05) is 20.9 Å². The lowest BCUT2D eigenvalue weighted by molar-refractivity contribution is -0.124. The van der Waals surface area contributed by atoms with E-state index in [-0.39, 0.29) is 22.1 Å². The number of nitrogens with zero attached hydrogens (tertiary/aromatic N) is 4. The molecule has 0 aliphatic heterocycles. The molecule has 0 unspecified atom stereocenters. The van der Waals surface area contributed by atoms with Crippen LogP contribution in [0.15, 0.2) is 10.7 Å². The van der Waals surface area contributed by atoms with Crippen LogP contribution >= 0.6 is 15.9 Å². The number of halogens is 3. The number of nitrogens with one attached hydrogen (secondary N) is 1. The highest BCUT2D eigenvalue weighted by molar-refractivity contribution is 9.10. The molecule has 132 valence electrons. The normalized spacial score (nSPS) is 14.0. The lowest BCUT2D eigenvalue weighted by atomic mass is 10.1. The van der Waals surface area contributed by atoms with E-state index in [2.05, 4.69) is 31.4 Å². The van der Waals surface area contributed by atoms with Gasteiger partial charge >= 0.3 is 0 Å². The maximum absolute atomic E-state index is 12.9. The quantitative estimate of drug-likeness (QED) is 0.831. The Hall–Kier alpha value is -1.77. The smallest absolute Gasteiger partial charge is 0.283 e. The van der Waals surface area contributed by atoms with Crippen molar-refractivity contribution < 1.29 is 13.6 Å². The molecule has 0 aromatic carbocycles. The number of carbonyl (C=O) groups excluding carboxylic acids is 1. The predicted molar refractivity (Wildman–Crippen MR) is 88.8 cm³/mol. The summed E-state index contributed by atoms with van der Waals surface area (Å²) >= 11 is 3.11. The Kier molecular flexibility index (Phi) is 5.42. The first kappa shape index (κ1) is 18.6. The average molecular weight is 404 g/mol. The number of hydrogen-bond donors (Lipinski definition) is 1. The summed E-state index contributed by atoms with van der Waals surface area (Å²) in [6.45, 7) is 7.03. The second kappa shape index (κ2) is 7.00. The summed E-state index contributed by atoms with van der Waals surface area (Å²) in [4.78, 5) is 12.5. The zero-order valence-electron chi connectivity index (χ0n) is 14.1. The van der Waals surface area contributed by atoms with Gasteiger partial charge in [-0.05, 0) is 43.6 Å². The van der Waals surface area contributed by atoms with Crippen molar-refractivity contribution in [2.75, 3.05) is 0 Å². The number of aryl methyl sites for hydroxylation is 1. The Labute approximate surface area is 147 Å². The van der Waals surface area contributed by atoms with Crippen molar-refractivity contribution >= 4 is 21.8 Å². The van der Waals surface area contributed by atoms with Crippen LogP contribution in [-0.4, -0.2) is 25.5 Å². The fourth-order valence-corrected chi connectivity index (χ4v) is 2.94. The second-order valence-electron chi connectivity index (χ2n) is 5.75. The summed E-state index contributed by atoms with van der Waals surface area (Å²) in [5.41, 5.74) is 1.99. The summed E-state index contributed by atoms with van der Waals surface area (Å²) in [7, 11) is 1.83. The highest BCUT2D eigenvalue weighted by atomic mass is 79.9. The first-order valence-electron chi connectivity index (χ1n) is 7.46. The van der Waals surface area contributed by atoms with Gasteiger partial charge in [0.25, 0.3) is 6.43 Å². The fraction of sp³-hybridized carbons (Fsp3) is 0.533. The van der Waals surface area contributed by atoms with E-state index in [0.717, 1.165) is 11.3 Å². The van der Waals surface area contributed by atoms with Crippen molar-refractivity contribution in [1.29, 1.82) is 0 Å². The van der Waals surface area contributed by atoms with Crippen LogP contribution in [0.3, 0.4) is 0 Å². The molecule has 1 amide bonds. The molecule has 2 aromatic heterocycles. The van der Waals surface area contributed by atoms with Crippen molar-refractivity contribution in [2.45, 2.75) is 46.2 Å². The van der Waals surface area contributed by atoms with Gasteiger partial charge in [-0.1, -0.05) is 0 Å². The molecule has 0 aliphatic rings. The first-order chi connectivity index (χ1) is 11.1. The third-order valence-electron chi connectivity index (χ3n) is 4.15. The minimum absolute atomic E-state index is 0.230. The van der Waals surface area contributed by atoms with Crippen molar-refractivity contribution in [3.05, 3.63) is 33.3 Å². The van der Waals surface area contributed by atoms with Crippen LogP contribution in [0.4, 0.5) is 8.78 Å². The van der Waals surface area contributed by atoms with Crippen LogP contribution in [0.1, 0.15) is 55.0 Å². The minimum atomic E-state index is -2.70. The van der Waals surface area contributed by atoms with E-state index in [9.17, 15) is 13.6 Å². The van der Waals surface area contributed by atoms with Gasteiger partial charge < -0.3 is 5.32 Å². The van der Waals surface area contributed by atoms with Gasteiger partial charge in [-0.25, -0.2) is 8.78 Å². The molecule has 9 heteroatoms. The first-order valence-corrected chi connectivity index (χ1v) is 8.26. The Morgan fingerprint density at radius 1 is 1.29 bits per heavy atom. The van der Waals surface area contributed by atoms with E-state index in [4.69, 9.17) is 0 Å². The number of aromatic nitrogens is 4. The lowest BCUT2D eigenvalue weighted by Gasteiger charge is -2.19. The molecule has 0 saturated heterocycles. The standard InChI is InChI=1S/C15H20BrF2N5O/c1-7(11-6-19-22(5)8(11)2)20-15(24)10(4)23-9(3)12(16)13(21-23)14(17)18/h6-7,10,14H,1-5H3,(H,20,24)/t7-,10-/m1/s1. The van der Waals surface area contributed by atoms with Gasteiger partial charge in [0, 0.05) is 18.3 Å². The van der Waals surface area contributed by atoms with Gasteiger partial charge in [0.1, 0.15) is 11.7 Å². The van der Waals surface area contributed by atoms with Crippen LogP contribution in [0, 0.1) is 13.8 Å². The van der Waals surface area contributed by atoms with E-state index < -0.39 is 12.5 Å². The number of carbonyl (C=O) groups is 1. The van der Waals surface area contributed by atoms with Crippen LogP contribution in [0.2, 0.25) is 0 Å². The molecule has 2 rings (SSSR count). The number of alkyl halides is 2. The molecule has 2 heterocycles. The third-order valence-corrected chi connectivity index (χ3v) is 5.13. The summed E-state index contributed by atoms with van der Waals surface area (Å²) < 4.78 is 29.2. The largest absolute Gasteiger partial charge is 0.348 e. The molecule has 0 spiro atoms. The topological polar surface area (TPSA) is 64.7 Å². The maximum Gasteiger partial charge on any atom is 0.283 e. The summed E-state index contributed by atoms with van der Waals surface area (Å²) in [5, 5.41) is 10.9. The van der Waals surface area contributed by atoms with Gasteiger partial charge in [-0.2, -0.15) is 10.2 Å². The zero-order valence-corrected chi connectivity index (χ0v) is 15.7. The molecule has 2 aromatic rings. The lowest BCUT2D eigenvalue weighted by Crippen LogP contribution is -2.34. The Bertz CT molecular complexity index is 755. The molecule has 6 nitrogen and oxygen atoms in total. The maximum atomic E-state index is 12.9. The van der Waals surface area contributed by atoms with E-state index >= 15 is 0 Å². The highest BCUT2D eigenvalue weighted by Crippen LogP contribution is 2.30. The van der Waals surface area contributed by atoms with E-state index in [1.165, 1.54) is 4.68 Å². The molecular formula is C15H20BrF2N5O. The van der Waals surface area contributed by atoms with Crippen molar-refractivity contribution in [2.24, 2.45) is 7.05 Å². The molecule has 0 bridgehead atoms. The van der Waals surface area contributed by atoms with E-state index in [1.54, 1.807) is 24.7 Å². The van der Waals surface area contributed by atoms with Crippen molar-refractivity contribution in [1.82, 2.24) is 24.9 Å². The summed E-state index contributed by atoms with van der Waals surface area (Å²) in [5.74, 6) is -0.301. The molecular weight excluding hydrogens is 384 g/mol. The van der Waals surface area contributed by atoms with Crippen molar-refractivity contribution in [3.8, 4) is 0 Å². The van der Waals surface area contributed by atoms with E-state index in [0.29, 0.717) is 5.69 Å². The van der Waals surface area contributed by atoms with Gasteiger partial charge in [-0.15, -0.1) is 0 Å². The zero-order chi connectivity index (χ0) is 18.2. The summed E-state index contributed by atoms with van der Waals surface area (Å²) in [6.07, 6.45) is -0.998. The minimum Gasteiger partial charge on any atom is -0.348 e. The third kappa shape index (κ3) is 3.35. The number of rotatable bonds is 5. The van der Waals surface area contributed by atoms with Gasteiger partial charge in [0.2, 0.25) is 5.91 Å². The van der Waals surface area contributed by atoms with Crippen LogP contribution in [0.5, 0.6) is 0 Å². The SMILES string of the molecule is Cc1c([C@@H](C)NC(=O)[C@@H](C)n2nc(C(F)F)c(Br)c2C)cnn1C. The second-order valence-corrected chi connectivity index (χ2v) is 6.54. The van der Waals surface area contributed by atoms with Gasteiger partial charge in [-0.3, -0.25) is 14.2 Å². The molecule has 0 radical (unpaired) electrons. The monoisotopic (exact) mass is 403 g/mol. The molecule has 2 atom stereocenters. The molecule has 1 N–H and O–H groups in total. The number of hydrogen-bond acceptors (Lipinski definition) is 3. The molecule has 0 fully saturated rings. The average Bonchev–Trinajstić information content (AvgIpc) is 3.00. The van der Waals surface area contributed by atoms with Gasteiger partial charge in [0.15, 0.2) is 0 Å². The molecule has 24 heavy (non-hydrogen) atoms. The van der Waals surface area contributed by atoms with Crippen LogP contribution in [0.25, 0.3) is 0 Å². The summed E-state index contributed by atoms with van der Waals surface area (Å²) in [6, 6.07) is -0.962. The van der Waals surface area contributed by atoms with Gasteiger partial charge in [0.05, 0.1) is 22.4 Å². The van der Waals surface area contributed by atoms with Crippen molar-refractivity contribution in [3.63, 3.8) is 0 Å². The Balaban J connectivity index is 2.18. The fourth-order valence-electron chi connectivity index (χ4n) is 2.50. The highest BCUT2D eigenvalue weighted by Gasteiger charge is 2.26. The number of amides is 1. The predicted octanol–water partition coefficient (Wildman–Crippen LogP) is 3.37. The Morgan fingerprint density at radius 2 is 1.92 bits per heavy atom. The Morgan fingerprint density at radius 3 is 2.38 bits per heavy atom. The van der Waals surface area contributed by atoms with Crippen LogP contribution < -0.4 is 5.32 Å². The molecule has 0 saturated carbocycles. The van der Waals surface area contributed by atoms with Crippen LogP contribution in [-0.2, 0) is 11.8 Å².